The van der Waals surface area contributed by atoms with E-state index in [1.807, 2.05) is 58.0 Å². The number of carbonyl (C=O) groups excluding carboxylic acids is 2. The number of hydrogen-bond acceptors (Lipinski definition) is 4. The SMILES string of the molecule is CC[C@H](C)NC(=O)[C@H](CC)N(Cc1ccccc1)C(=O)CCCN(c1cc(Cl)ccc1C)S(C)(=O)=O. The third-order valence-corrected chi connectivity index (χ3v) is 7.59. The number of halogens is 1. The molecule has 0 spiro atoms. The molecular formula is C27H38ClN3O4S. The Hall–Kier alpha value is -2.58. The molecule has 0 aliphatic heterocycles. The van der Waals surface area contributed by atoms with Crippen molar-refractivity contribution in [2.45, 2.75) is 72.0 Å². The fraction of sp³-hybridized carbons (Fsp3) is 0.481. The fourth-order valence-corrected chi connectivity index (χ4v) is 5.16. The number of amides is 2. The van der Waals surface area contributed by atoms with Crippen molar-refractivity contribution in [2.24, 2.45) is 0 Å². The summed E-state index contributed by atoms with van der Waals surface area (Å²) < 4.78 is 26.4. The van der Waals surface area contributed by atoms with Crippen molar-refractivity contribution in [1.29, 1.82) is 0 Å². The maximum atomic E-state index is 13.5. The summed E-state index contributed by atoms with van der Waals surface area (Å²) in [6.45, 7) is 8.06. The number of nitrogens with one attached hydrogen (secondary N) is 1. The molecule has 0 heterocycles. The van der Waals surface area contributed by atoms with E-state index in [2.05, 4.69) is 5.32 Å². The molecule has 0 aliphatic rings. The zero-order valence-electron chi connectivity index (χ0n) is 21.8. The van der Waals surface area contributed by atoms with Gasteiger partial charge in [-0.25, -0.2) is 8.42 Å². The van der Waals surface area contributed by atoms with Crippen molar-refractivity contribution in [2.75, 3.05) is 17.1 Å². The summed E-state index contributed by atoms with van der Waals surface area (Å²) in [5.74, 6) is -0.371. The van der Waals surface area contributed by atoms with E-state index in [1.165, 1.54) is 4.31 Å². The van der Waals surface area contributed by atoms with Crippen LogP contribution in [0.15, 0.2) is 48.5 Å². The molecule has 36 heavy (non-hydrogen) atoms. The first-order chi connectivity index (χ1) is 17.0. The molecule has 9 heteroatoms. The third-order valence-electron chi connectivity index (χ3n) is 6.17. The van der Waals surface area contributed by atoms with Crippen LogP contribution in [0.3, 0.4) is 0 Å². The normalized spacial score (nSPS) is 13.1. The van der Waals surface area contributed by atoms with E-state index in [1.54, 1.807) is 23.1 Å². The Kier molecular flexibility index (Phi) is 11.2. The summed E-state index contributed by atoms with van der Waals surface area (Å²) in [6.07, 6.45) is 2.80. The highest BCUT2D eigenvalue weighted by Crippen LogP contribution is 2.27. The summed E-state index contributed by atoms with van der Waals surface area (Å²) in [4.78, 5) is 28.1. The summed E-state index contributed by atoms with van der Waals surface area (Å²) in [5, 5.41) is 3.43. The first kappa shape index (κ1) is 29.6. The Balaban J connectivity index is 2.23. The van der Waals surface area contributed by atoms with Crippen molar-refractivity contribution in [3.05, 3.63) is 64.7 Å². The minimum atomic E-state index is -3.59. The molecule has 2 aromatic carbocycles. The molecule has 1 N–H and O–H groups in total. The smallest absolute Gasteiger partial charge is 0.243 e. The second kappa shape index (κ2) is 13.7. The standard InChI is InChI=1S/C27H38ClN3O4S/c1-6-21(4)29-27(33)24(7-2)30(19-22-12-9-8-10-13-22)26(32)14-11-17-31(36(5,34)35)25-18-23(28)16-15-20(25)3/h8-10,12-13,15-16,18,21,24H,6-7,11,14,17,19H2,1-5H3,(H,29,33)/t21-,24-/m0/s1. The lowest BCUT2D eigenvalue weighted by Gasteiger charge is -2.32. The van der Waals surface area contributed by atoms with Gasteiger partial charge in [-0.15, -0.1) is 0 Å². The number of aryl methyl sites for hydroxylation is 1. The van der Waals surface area contributed by atoms with Gasteiger partial charge in [-0.2, -0.15) is 0 Å². The van der Waals surface area contributed by atoms with Gasteiger partial charge in [0.05, 0.1) is 11.9 Å². The van der Waals surface area contributed by atoms with Crippen LogP contribution in [0.5, 0.6) is 0 Å². The van der Waals surface area contributed by atoms with E-state index in [0.717, 1.165) is 23.8 Å². The minimum Gasteiger partial charge on any atom is -0.352 e. The molecule has 0 saturated heterocycles. The molecule has 0 unspecified atom stereocenters. The van der Waals surface area contributed by atoms with Gasteiger partial charge in [0.2, 0.25) is 21.8 Å². The zero-order chi connectivity index (χ0) is 26.9. The molecule has 0 saturated carbocycles. The van der Waals surface area contributed by atoms with Crippen LogP contribution in [0, 0.1) is 6.92 Å². The lowest BCUT2D eigenvalue weighted by atomic mass is 10.1. The van der Waals surface area contributed by atoms with Gasteiger partial charge in [0, 0.05) is 30.6 Å². The second-order valence-electron chi connectivity index (χ2n) is 9.12. The molecule has 2 rings (SSSR count). The van der Waals surface area contributed by atoms with E-state index in [9.17, 15) is 18.0 Å². The summed E-state index contributed by atoms with van der Waals surface area (Å²) in [6, 6.07) is 14.0. The van der Waals surface area contributed by atoms with Crippen LogP contribution in [0.1, 0.15) is 57.6 Å². The maximum absolute atomic E-state index is 13.5. The lowest BCUT2D eigenvalue weighted by molar-refractivity contribution is -0.141. The minimum absolute atomic E-state index is 0.00415. The van der Waals surface area contributed by atoms with Gasteiger partial charge in [0.25, 0.3) is 0 Å². The van der Waals surface area contributed by atoms with Gasteiger partial charge in [-0.05, 0) is 56.4 Å². The van der Waals surface area contributed by atoms with Crippen molar-refractivity contribution >= 4 is 39.1 Å². The van der Waals surface area contributed by atoms with E-state index >= 15 is 0 Å². The Bertz CT molecular complexity index is 1130. The van der Waals surface area contributed by atoms with Crippen molar-refractivity contribution in [3.8, 4) is 0 Å². The van der Waals surface area contributed by atoms with Crippen molar-refractivity contribution in [1.82, 2.24) is 10.2 Å². The quantitative estimate of drug-likeness (QED) is 0.394. The van der Waals surface area contributed by atoms with Crippen LogP contribution in [0.2, 0.25) is 5.02 Å². The lowest BCUT2D eigenvalue weighted by Crippen LogP contribution is -2.50. The molecule has 7 nitrogen and oxygen atoms in total. The van der Waals surface area contributed by atoms with Gasteiger partial charge in [0.1, 0.15) is 6.04 Å². The largest absolute Gasteiger partial charge is 0.352 e. The van der Waals surface area contributed by atoms with Crippen molar-refractivity contribution in [3.63, 3.8) is 0 Å². The predicted octanol–water partition coefficient (Wildman–Crippen LogP) is 4.92. The highest BCUT2D eigenvalue weighted by Gasteiger charge is 2.29. The molecule has 2 amide bonds. The number of anilines is 1. The van der Waals surface area contributed by atoms with E-state index in [-0.39, 0.29) is 30.8 Å². The highest BCUT2D eigenvalue weighted by molar-refractivity contribution is 7.92. The Morgan fingerprint density at radius 2 is 1.72 bits per heavy atom. The molecule has 0 aliphatic carbocycles. The summed E-state index contributed by atoms with van der Waals surface area (Å²) in [5.41, 5.74) is 2.19. The topological polar surface area (TPSA) is 86.8 Å². The summed E-state index contributed by atoms with van der Waals surface area (Å²) >= 11 is 6.12. The number of rotatable bonds is 13. The highest BCUT2D eigenvalue weighted by atomic mass is 35.5. The van der Waals surface area contributed by atoms with Gasteiger partial charge >= 0.3 is 0 Å². The van der Waals surface area contributed by atoms with Crippen LogP contribution in [0.25, 0.3) is 0 Å². The number of benzene rings is 2. The molecule has 198 valence electrons. The molecular weight excluding hydrogens is 498 g/mol. The Labute approximate surface area is 220 Å². The fourth-order valence-electron chi connectivity index (χ4n) is 3.97. The van der Waals surface area contributed by atoms with Crippen molar-refractivity contribution < 1.29 is 18.0 Å². The van der Waals surface area contributed by atoms with E-state index < -0.39 is 16.1 Å². The zero-order valence-corrected chi connectivity index (χ0v) is 23.4. The second-order valence-corrected chi connectivity index (χ2v) is 11.5. The Morgan fingerprint density at radius 3 is 2.31 bits per heavy atom. The average Bonchev–Trinajstić information content (AvgIpc) is 2.83. The molecule has 0 fully saturated rings. The first-order valence-electron chi connectivity index (χ1n) is 12.4. The van der Waals surface area contributed by atoms with Gasteiger partial charge in [0.15, 0.2) is 0 Å². The monoisotopic (exact) mass is 535 g/mol. The number of sulfonamides is 1. The van der Waals surface area contributed by atoms with Gasteiger partial charge in [-0.3, -0.25) is 13.9 Å². The van der Waals surface area contributed by atoms with Crippen LogP contribution < -0.4 is 9.62 Å². The van der Waals surface area contributed by atoms with Crippen LogP contribution in [-0.2, 0) is 26.2 Å². The van der Waals surface area contributed by atoms with Crippen LogP contribution in [-0.4, -0.2) is 50.0 Å². The molecule has 2 atom stereocenters. The van der Waals surface area contributed by atoms with Gasteiger partial charge < -0.3 is 10.2 Å². The number of nitrogens with zero attached hydrogens (tertiary/aromatic N) is 2. The predicted molar refractivity (Wildman–Crippen MR) is 147 cm³/mol. The number of carbonyl (C=O) groups is 2. The van der Waals surface area contributed by atoms with E-state index in [0.29, 0.717) is 30.1 Å². The third kappa shape index (κ3) is 8.52. The molecule has 2 aromatic rings. The van der Waals surface area contributed by atoms with Crippen LogP contribution in [0.4, 0.5) is 5.69 Å². The Morgan fingerprint density at radius 1 is 1.06 bits per heavy atom. The molecule has 0 aromatic heterocycles. The summed E-state index contributed by atoms with van der Waals surface area (Å²) in [7, 11) is -3.59. The molecule has 0 bridgehead atoms. The van der Waals surface area contributed by atoms with Gasteiger partial charge in [-0.1, -0.05) is 61.8 Å². The maximum Gasteiger partial charge on any atom is 0.243 e. The molecule has 0 radical (unpaired) electrons. The van der Waals surface area contributed by atoms with E-state index in [4.69, 9.17) is 11.6 Å². The first-order valence-corrected chi connectivity index (χ1v) is 14.6. The average molecular weight is 536 g/mol. The van der Waals surface area contributed by atoms with Crippen LogP contribution >= 0.6 is 11.6 Å². The number of hydrogen-bond donors (Lipinski definition) is 1.